The molecule has 2 heterocycles. The molecule has 0 spiro atoms. The van der Waals surface area contributed by atoms with Crippen molar-refractivity contribution in [1.82, 2.24) is 4.98 Å². The Bertz CT molecular complexity index is 1500. The molecule has 0 atom stereocenters. The topological polar surface area (TPSA) is 26.0 Å². The third kappa shape index (κ3) is 2.74. The molecule has 4 aromatic carbocycles. The molecule has 0 saturated heterocycles. The Kier molecular flexibility index (Phi) is 3.73. The molecule has 0 amide bonds. The third-order valence-corrected chi connectivity index (χ3v) is 6.83. The fourth-order valence-electron chi connectivity index (χ4n) is 3.74. The van der Waals surface area contributed by atoms with E-state index in [1.165, 1.54) is 15.8 Å². The number of nitrogens with zero attached hydrogens (tertiary/aromatic N) is 1. The maximum absolute atomic E-state index is 6.37. The van der Waals surface area contributed by atoms with Crippen LogP contribution in [0.5, 0.6) is 0 Å². The van der Waals surface area contributed by atoms with E-state index in [0.717, 1.165) is 37.2 Å². The minimum absolute atomic E-state index is 0.639. The third-order valence-electron chi connectivity index (χ3n) is 5.20. The van der Waals surface area contributed by atoms with Crippen LogP contribution >= 0.6 is 22.9 Å². The number of hydrogen-bond donors (Lipinski definition) is 0. The van der Waals surface area contributed by atoms with Gasteiger partial charge in [-0.3, -0.25) is 0 Å². The molecule has 138 valence electrons. The number of thiophene rings is 1. The summed E-state index contributed by atoms with van der Waals surface area (Å²) in [5.41, 5.74) is 5.00. The summed E-state index contributed by atoms with van der Waals surface area (Å²) in [5, 5.41) is 3.10. The van der Waals surface area contributed by atoms with Crippen LogP contribution in [-0.2, 0) is 0 Å². The Balaban J connectivity index is 1.45. The predicted octanol–water partition coefficient (Wildman–Crippen LogP) is 8.18. The van der Waals surface area contributed by atoms with Gasteiger partial charge in [-0.1, -0.05) is 66.2 Å². The van der Waals surface area contributed by atoms with Crippen LogP contribution in [0.25, 0.3) is 53.9 Å². The monoisotopic (exact) mass is 411 g/mol. The Morgan fingerprint density at radius 3 is 2.31 bits per heavy atom. The molecular formula is C25H14ClNOS. The van der Waals surface area contributed by atoms with Crippen LogP contribution in [0.3, 0.4) is 0 Å². The van der Waals surface area contributed by atoms with Crippen molar-refractivity contribution in [3.8, 4) is 22.6 Å². The summed E-state index contributed by atoms with van der Waals surface area (Å²) in [6, 6.07) is 28.9. The van der Waals surface area contributed by atoms with Crippen LogP contribution in [0.4, 0.5) is 0 Å². The minimum Gasteiger partial charge on any atom is -0.436 e. The lowest BCUT2D eigenvalue weighted by Gasteiger charge is -2.02. The van der Waals surface area contributed by atoms with E-state index >= 15 is 0 Å². The van der Waals surface area contributed by atoms with Crippen LogP contribution in [0.2, 0.25) is 5.02 Å². The van der Waals surface area contributed by atoms with E-state index in [0.29, 0.717) is 5.89 Å². The largest absolute Gasteiger partial charge is 0.436 e. The van der Waals surface area contributed by atoms with Gasteiger partial charge in [0.25, 0.3) is 0 Å². The summed E-state index contributed by atoms with van der Waals surface area (Å²) in [7, 11) is 0. The van der Waals surface area contributed by atoms with Crippen LogP contribution < -0.4 is 0 Å². The normalized spacial score (nSPS) is 11.6. The molecule has 4 heteroatoms. The van der Waals surface area contributed by atoms with Crippen molar-refractivity contribution in [3.63, 3.8) is 0 Å². The van der Waals surface area contributed by atoms with E-state index < -0.39 is 0 Å². The van der Waals surface area contributed by atoms with Gasteiger partial charge >= 0.3 is 0 Å². The molecule has 0 aliphatic rings. The summed E-state index contributed by atoms with van der Waals surface area (Å²) < 4.78 is 8.39. The molecule has 2 nitrogen and oxygen atoms in total. The van der Waals surface area contributed by atoms with Crippen LogP contribution in [0.15, 0.2) is 89.3 Å². The standard InChI is InChI=1S/C25H14ClNOS/c26-20-8-4-7-18-19-13-22-21(14-23(19)29-24(18)20)27-25(28-22)17-11-9-16(10-12-17)15-5-2-1-3-6-15/h1-14H. The van der Waals surface area contributed by atoms with Gasteiger partial charge in [0.15, 0.2) is 5.58 Å². The van der Waals surface area contributed by atoms with Crippen molar-refractivity contribution in [1.29, 1.82) is 0 Å². The predicted molar refractivity (Wildman–Crippen MR) is 123 cm³/mol. The molecule has 0 fully saturated rings. The SMILES string of the molecule is Clc1cccc2c1sc1cc3nc(-c4ccc(-c5ccccc5)cc4)oc3cc12. The Labute approximate surface area is 176 Å². The number of fused-ring (bicyclic) bond motifs is 4. The highest BCUT2D eigenvalue weighted by Gasteiger charge is 2.13. The summed E-state index contributed by atoms with van der Waals surface area (Å²) in [6.07, 6.45) is 0. The Hall–Kier alpha value is -3.14. The molecule has 0 aliphatic carbocycles. The second-order valence-electron chi connectivity index (χ2n) is 7.00. The highest BCUT2D eigenvalue weighted by atomic mass is 35.5. The highest BCUT2D eigenvalue weighted by Crippen LogP contribution is 2.40. The number of rotatable bonds is 2. The first-order valence-electron chi connectivity index (χ1n) is 9.33. The quantitative estimate of drug-likeness (QED) is 0.287. The second kappa shape index (κ2) is 6.45. The molecule has 29 heavy (non-hydrogen) atoms. The first kappa shape index (κ1) is 16.8. The lowest BCUT2D eigenvalue weighted by atomic mass is 10.0. The van der Waals surface area contributed by atoms with Crippen LogP contribution in [0, 0.1) is 0 Å². The van der Waals surface area contributed by atoms with Gasteiger partial charge in [0.2, 0.25) is 5.89 Å². The van der Waals surface area contributed by atoms with E-state index in [9.17, 15) is 0 Å². The summed E-state index contributed by atoms with van der Waals surface area (Å²) in [6.45, 7) is 0. The zero-order valence-corrected chi connectivity index (χ0v) is 16.8. The number of halogens is 1. The zero-order chi connectivity index (χ0) is 19.4. The molecule has 0 unspecified atom stereocenters. The number of oxazole rings is 1. The second-order valence-corrected chi connectivity index (χ2v) is 8.46. The average molecular weight is 412 g/mol. The molecule has 0 radical (unpaired) electrons. The lowest BCUT2D eigenvalue weighted by molar-refractivity contribution is 0.620. The number of aromatic nitrogens is 1. The van der Waals surface area contributed by atoms with Gasteiger partial charge in [-0.15, -0.1) is 11.3 Å². The fourth-order valence-corrected chi connectivity index (χ4v) is 5.16. The lowest BCUT2D eigenvalue weighted by Crippen LogP contribution is -1.79. The molecule has 6 rings (SSSR count). The van der Waals surface area contributed by atoms with Crippen molar-refractivity contribution in [2.24, 2.45) is 0 Å². The molecule has 0 N–H and O–H groups in total. The van der Waals surface area contributed by atoms with Gasteiger partial charge in [-0.05, 0) is 41.5 Å². The number of hydrogen-bond acceptors (Lipinski definition) is 3. The Morgan fingerprint density at radius 2 is 1.48 bits per heavy atom. The van der Waals surface area contributed by atoms with Gasteiger partial charge in [-0.2, -0.15) is 0 Å². The van der Waals surface area contributed by atoms with E-state index in [-0.39, 0.29) is 0 Å². The van der Waals surface area contributed by atoms with E-state index in [1.807, 2.05) is 30.3 Å². The van der Waals surface area contributed by atoms with Gasteiger partial charge in [0.05, 0.1) is 9.72 Å². The molecule has 6 aromatic rings. The average Bonchev–Trinajstić information content (AvgIpc) is 3.34. The van der Waals surface area contributed by atoms with Crippen molar-refractivity contribution in [2.45, 2.75) is 0 Å². The molecule has 0 bridgehead atoms. The van der Waals surface area contributed by atoms with Crippen LogP contribution in [-0.4, -0.2) is 4.98 Å². The summed E-state index contributed by atoms with van der Waals surface area (Å²) >= 11 is 8.06. The number of benzene rings is 4. The van der Waals surface area contributed by atoms with E-state index in [4.69, 9.17) is 21.0 Å². The van der Waals surface area contributed by atoms with Crippen molar-refractivity contribution in [2.75, 3.05) is 0 Å². The molecule has 2 aromatic heterocycles. The molecule has 0 saturated carbocycles. The van der Waals surface area contributed by atoms with Gasteiger partial charge in [0, 0.05) is 21.0 Å². The smallest absolute Gasteiger partial charge is 0.227 e. The van der Waals surface area contributed by atoms with Gasteiger partial charge in [0.1, 0.15) is 5.52 Å². The molecular weight excluding hydrogens is 398 g/mol. The summed E-state index contributed by atoms with van der Waals surface area (Å²) in [4.78, 5) is 4.74. The zero-order valence-electron chi connectivity index (χ0n) is 15.2. The van der Waals surface area contributed by atoms with Crippen molar-refractivity contribution >= 4 is 54.2 Å². The fraction of sp³-hybridized carbons (Fsp3) is 0. The minimum atomic E-state index is 0.639. The highest BCUT2D eigenvalue weighted by molar-refractivity contribution is 7.26. The van der Waals surface area contributed by atoms with Crippen molar-refractivity contribution < 1.29 is 4.42 Å². The van der Waals surface area contributed by atoms with E-state index in [2.05, 4.69) is 54.6 Å². The van der Waals surface area contributed by atoms with E-state index in [1.54, 1.807) is 11.3 Å². The van der Waals surface area contributed by atoms with Crippen LogP contribution in [0.1, 0.15) is 0 Å². The Morgan fingerprint density at radius 1 is 0.724 bits per heavy atom. The maximum Gasteiger partial charge on any atom is 0.227 e. The summed E-state index contributed by atoms with van der Waals surface area (Å²) in [5.74, 6) is 0.639. The van der Waals surface area contributed by atoms with Gasteiger partial charge < -0.3 is 4.42 Å². The van der Waals surface area contributed by atoms with Gasteiger partial charge in [-0.25, -0.2) is 4.98 Å². The first-order valence-corrected chi connectivity index (χ1v) is 10.5. The maximum atomic E-state index is 6.37. The first-order chi connectivity index (χ1) is 14.3. The van der Waals surface area contributed by atoms with Crippen molar-refractivity contribution in [3.05, 3.63) is 90.0 Å². The molecule has 0 aliphatic heterocycles.